The summed E-state index contributed by atoms with van der Waals surface area (Å²) in [5.41, 5.74) is 0. The lowest BCUT2D eigenvalue weighted by Crippen LogP contribution is -2.31. The standard InChI is InChI=1S/C47H92N4O6/c1-5-8-11-14-16-25-32-42-56-46(52)36-28-21-17-23-30-39-50(41-33-38-49-45(48-4)43-51(54)55)40-31-24-18-22-29-37-47(53)57-44(34-26-19-13-10-7-3)35-27-20-15-12-9-6-2/h43-44,48-49H,5-42H2,1-4H3/b45-43+. The second-order valence-corrected chi connectivity index (χ2v) is 16.4. The number of ether oxygens (including phenoxy) is 2. The number of rotatable bonds is 45. The van der Waals surface area contributed by atoms with Gasteiger partial charge in [-0.25, -0.2) is 0 Å². The van der Waals surface area contributed by atoms with Gasteiger partial charge in [-0.2, -0.15) is 0 Å². The lowest BCUT2D eigenvalue weighted by atomic mass is 10.0. The third-order valence-electron chi connectivity index (χ3n) is 11.0. The first-order valence-electron chi connectivity index (χ1n) is 24.2. The summed E-state index contributed by atoms with van der Waals surface area (Å²) in [6.07, 6.45) is 38.1. The molecule has 0 saturated carbocycles. The van der Waals surface area contributed by atoms with E-state index in [-0.39, 0.29) is 18.0 Å². The lowest BCUT2D eigenvalue weighted by molar-refractivity contribution is -0.404. The van der Waals surface area contributed by atoms with Crippen LogP contribution in [0.3, 0.4) is 0 Å². The number of nitrogens with zero attached hydrogens (tertiary/aromatic N) is 2. The predicted octanol–water partition coefficient (Wildman–Crippen LogP) is 12.6. The first-order valence-corrected chi connectivity index (χ1v) is 24.2. The Labute approximate surface area is 351 Å². The monoisotopic (exact) mass is 809 g/mol. The Bertz CT molecular complexity index is 949. The topological polar surface area (TPSA) is 123 Å². The van der Waals surface area contributed by atoms with E-state index in [1.165, 1.54) is 89.9 Å². The van der Waals surface area contributed by atoms with E-state index in [4.69, 9.17) is 9.47 Å². The molecule has 0 spiro atoms. The Kier molecular flexibility index (Phi) is 41.4. The molecule has 0 saturated heterocycles. The minimum absolute atomic E-state index is 0.00690. The number of nitro groups is 1. The minimum Gasteiger partial charge on any atom is -0.466 e. The van der Waals surface area contributed by atoms with Gasteiger partial charge in [-0.1, -0.05) is 156 Å². The van der Waals surface area contributed by atoms with Crippen molar-refractivity contribution in [2.75, 3.05) is 39.8 Å². The van der Waals surface area contributed by atoms with E-state index in [2.05, 4.69) is 36.3 Å². The first kappa shape index (κ1) is 54.6. The van der Waals surface area contributed by atoms with Crippen LogP contribution in [-0.4, -0.2) is 67.7 Å². The van der Waals surface area contributed by atoms with Gasteiger partial charge in [-0.3, -0.25) is 19.7 Å². The molecule has 0 fully saturated rings. The summed E-state index contributed by atoms with van der Waals surface area (Å²) in [6, 6.07) is 0. The van der Waals surface area contributed by atoms with E-state index in [1.54, 1.807) is 7.05 Å². The summed E-state index contributed by atoms with van der Waals surface area (Å²) in [6.45, 7) is 11.0. The Hall–Kier alpha value is -2.36. The molecule has 1 atom stereocenters. The normalized spacial score (nSPS) is 12.2. The molecule has 0 rings (SSSR count). The predicted molar refractivity (Wildman–Crippen MR) is 239 cm³/mol. The molecule has 0 bridgehead atoms. The molecule has 2 N–H and O–H groups in total. The zero-order chi connectivity index (χ0) is 41.9. The number of unbranched alkanes of at least 4 members (excludes halogenated alkanes) is 23. The first-order chi connectivity index (χ1) is 27.9. The van der Waals surface area contributed by atoms with Crippen molar-refractivity contribution in [2.45, 2.75) is 239 Å². The fraction of sp³-hybridized carbons (Fsp3) is 0.915. The highest BCUT2D eigenvalue weighted by molar-refractivity contribution is 5.69. The molecule has 0 radical (unpaired) electrons. The van der Waals surface area contributed by atoms with Crippen LogP contribution >= 0.6 is 0 Å². The van der Waals surface area contributed by atoms with E-state index in [0.717, 1.165) is 135 Å². The highest BCUT2D eigenvalue weighted by atomic mass is 16.6. The maximum Gasteiger partial charge on any atom is 0.306 e. The molecule has 0 heterocycles. The second-order valence-electron chi connectivity index (χ2n) is 16.4. The summed E-state index contributed by atoms with van der Waals surface area (Å²) >= 11 is 0. The lowest BCUT2D eigenvalue weighted by Gasteiger charge is -2.22. The van der Waals surface area contributed by atoms with Gasteiger partial charge in [0.2, 0.25) is 0 Å². The van der Waals surface area contributed by atoms with E-state index in [1.807, 2.05) is 0 Å². The third-order valence-corrected chi connectivity index (χ3v) is 11.0. The van der Waals surface area contributed by atoms with Crippen LogP contribution in [0, 0.1) is 10.1 Å². The van der Waals surface area contributed by atoms with Crippen molar-refractivity contribution in [1.29, 1.82) is 0 Å². The number of nitrogens with one attached hydrogen (secondary N) is 2. The number of hydrogen-bond acceptors (Lipinski definition) is 9. The van der Waals surface area contributed by atoms with E-state index >= 15 is 0 Å². The largest absolute Gasteiger partial charge is 0.466 e. The molecule has 0 aliphatic rings. The van der Waals surface area contributed by atoms with Crippen LogP contribution in [0.2, 0.25) is 0 Å². The van der Waals surface area contributed by atoms with Crippen LogP contribution in [0.4, 0.5) is 0 Å². The van der Waals surface area contributed by atoms with Crippen molar-refractivity contribution in [1.82, 2.24) is 15.5 Å². The summed E-state index contributed by atoms with van der Waals surface area (Å²) in [5.74, 6) is 0.367. The smallest absolute Gasteiger partial charge is 0.306 e. The van der Waals surface area contributed by atoms with Gasteiger partial charge in [0, 0.05) is 26.4 Å². The maximum atomic E-state index is 12.8. The number of esters is 2. The van der Waals surface area contributed by atoms with Crippen LogP contribution in [0.5, 0.6) is 0 Å². The molecule has 0 aromatic rings. The van der Waals surface area contributed by atoms with Crippen molar-refractivity contribution in [3.63, 3.8) is 0 Å². The Balaban J connectivity index is 4.46. The minimum atomic E-state index is -0.446. The average molecular weight is 809 g/mol. The Morgan fingerprint density at radius 1 is 0.579 bits per heavy atom. The summed E-state index contributed by atoms with van der Waals surface area (Å²) in [5, 5.41) is 16.9. The van der Waals surface area contributed by atoms with Crippen LogP contribution in [0.25, 0.3) is 0 Å². The van der Waals surface area contributed by atoms with Crippen molar-refractivity contribution in [2.24, 2.45) is 0 Å². The van der Waals surface area contributed by atoms with Crippen molar-refractivity contribution < 1.29 is 24.0 Å². The molecular formula is C47H92N4O6. The molecule has 0 aliphatic heterocycles. The molecule has 57 heavy (non-hydrogen) atoms. The zero-order valence-electron chi connectivity index (χ0n) is 37.9. The van der Waals surface area contributed by atoms with Gasteiger partial charge in [0.15, 0.2) is 5.82 Å². The van der Waals surface area contributed by atoms with Gasteiger partial charge in [0.05, 0.1) is 11.5 Å². The van der Waals surface area contributed by atoms with Gasteiger partial charge in [0.1, 0.15) is 6.10 Å². The van der Waals surface area contributed by atoms with Crippen molar-refractivity contribution >= 4 is 11.9 Å². The van der Waals surface area contributed by atoms with Gasteiger partial charge in [-0.05, 0) is 83.8 Å². The molecule has 10 heteroatoms. The number of carbonyl (C=O) groups is 2. The Morgan fingerprint density at radius 3 is 1.49 bits per heavy atom. The number of carbonyl (C=O) groups excluding carboxylic acids is 2. The quantitative estimate of drug-likeness (QED) is 0.0268. The summed E-state index contributed by atoms with van der Waals surface area (Å²) < 4.78 is 11.5. The summed E-state index contributed by atoms with van der Waals surface area (Å²) in [4.78, 5) is 37.8. The molecule has 0 aliphatic carbocycles. The zero-order valence-corrected chi connectivity index (χ0v) is 37.9. The van der Waals surface area contributed by atoms with Gasteiger partial charge >= 0.3 is 11.9 Å². The highest BCUT2D eigenvalue weighted by Gasteiger charge is 2.14. The average Bonchev–Trinajstić information content (AvgIpc) is 3.19. The maximum absolute atomic E-state index is 12.8. The molecule has 336 valence electrons. The third kappa shape index (κ3) is 40.2. The van der Waals surface area contributed by atoms with E-state index < -0.39 is 4.92 Å². The SMILES string of the molecule is CCCCCCCCCOC(=O)CCCCCCCN(CCCCCCCC(=O)OC(CCCCCCC)CCCCCCCC)CCCN/C(=C/[N+](=O)[O-])NC. The highest BCUT2D eigenvalue weighted by Crippen LogP contribution is 2.18. The van der Waals surface area contributed by atoms with Crippen molar-refractivity contribution in [3.8, 4) is 0 Å². The van der Waals surface area contributed by atoms with Crippen LogP contribution < -0.4 is 10.6 Å². The summed E-state index contributed by atoms with van der Waals surface area (Å²) in [7, 11) is 1.68. The Morgan fingerprint density at radius 2 is 1.00 bits per heavy atom. The molecule has 0 aromatic heterocycles. The fourth-order valence-electron chi connectivity index (χ4n) is 7.39. The molecule has 0 aromatic carbocycles. The molecular weight excluding hydrogens is 717 g/mol. The van der Waals surface area contributed by atoms with Crippen molar-refractivity contribution in [3.05, 3.63) is 22.1 Å². The van der Waals surface area contributed by atoms with Crippen LogP contribution in [-0.2, 0) is 19.1 Å². The van der Waals surface area contributed by atoms with Gasteiger partial charge in [-0.15, -0.1) is 0 Å². The molecule has 1 unspecified atom stereocenters. The molecule has 0 amide bonds. The van der Waals surface area contributed by atoms with E-state index in [9.17, 15) is 19.7 Å². The second kappa shape index (κ2) is 43.2. The van der Waals surface area contributed by atoms with Gasteiger partial charge in [0.25, 0.3) is 6.20 Å². The fourth-order valence-corrected chi connectivity index (χ4v) is 7.39. The van der Waals surface area contributed by atoms with Gasteiger partial charge < -0.3 is 25.0 Å². The van der Waals surface area contributed by atoms with E-state index in [0.29, 0.717) is 31.8 Å². The number of hydrogen-bond donors (Lipinski definition) is 2. The van der Waals surface area contributed by atoms with Crippen LogP contribution in [0.1, 0.15) is 233 Å². The van der Waals surface area contributed by atoms with Crippen LogP contribution in [0.15, 0.2) is 12.0 Å². The molecule has 10 nitrogen and oxygen atoms in total.